The molecule has 0 aromatic heterocycles. The second kappa shape index (κ2) is 3.14. The van der Waals surface area contributed by atoms with Crippen LogP contribution < -0.4 is 0 Å². The quantitative estimate of drug-likeness (QED) is 0.632. The Morgan fingerprint density at radius 1 is 1.46 bits per heavy atom. The summed E-state index contributed by atoms with van der Waals surface area (Å²) in [5.74, 6) is 0.727. The molecule has 2 rings (SSSR count). The highest BCUT2D eigenvalue weighted by Crippen LogP contribution is 2.36. The minimum Gasteiger partial charge on any atom is -0.389 e. The Labute approximate surface area is 78.0 Å². The molecule has 0 aromatic carbocycles. The highest BCUT2D eigenvalue weighted by molar-refractivity contribution is 5.89. The van der Waals surface area contributed by atoms with E-state index < -0.39 is 0 Å². The van der Waals surface area contributed by atoms with Gasteiger partial charge in [-0.1, -0.05) is 5.57 Å². The fraction of sp³-hybridized carbons (Fsp3) is 0.700. The summed E-state index contributed by atoms with van der Waals surface area (Å²) >= 11 is 0. The first kappa shape index (κ1) is 8.75. The molecule has 0 unspecified atom stereocenters. The monoisotopic (exact) mass is 181 g/mol. The van der Waals surface area contributed by atoms with Crippen molar-refractivity contribution in [2.75, 3.05) is 13.1 Å². The fourth-order valence-corrected chi connectivity index (χ4v) is 1.58. The first-order valence-corrected chi connectivity index (χ1v) is 4.82. The first-order valence-electron chi connectivity index (χ1n) is 4.82. The van der Waals surface area contributed by atoms with Crippen molar-refractivity contribution in [2.24, 2.45) is 5.92 Å². The molecule has 2 fully saturated rings. The lowest BCUT2D eigenvalue weighted by Gasteiger charge is -2.35. The summed E-state index contributed by atoms with van der Waals surface area (Å²) in [7, 11) is 0. The Bertz CT molecular complexity index is 250. The largest absolute Gasteiger partial charge is 0.389 e. The summed E-state index contributed by atoms with van der Waals surface area (Å²) in [6.07, 6.45) is 3.90. The number of aliphatic hydroxyl groups excluding tert-OH is 1. The zero-order valence-corrected chi connectivity index (χ0v) is 7.86. The lowest BCUT2D eigenvalue weighted by atomic mass is 10.1. The molecule has 1 saturated carbocycles. The number of amides is 1. The molecule has 0 radical (unpaired) electrons. The number of nitrogens with zero attached hydrogens (tertiary/aromatic N) is 1. The maximum absolute atomic E-state index is 11.5. The van der Waals surface area contributed by atoms with Gasteiger partial charge in [0.15, 0.2) is 0 Å². The number of rotatable bonds is 2. The van der Waals surface area contributed by atoms with E-state index in [0.29, 0.717) is 19.0 Å². The number of aliphatic hydroxyl groups is 1. The molecule has 1 aliphatic carbocycles. The molecule has 0 aromatic rings. The third-order valence-electron chi connectivity index (χ3n) is 2.75. The van der Waals surface area contributed by atoms with Crippen LogP contribution in [0.1, 0.15) is 19.8 Å². The second-order valence-corrected chi connectivity index (χ2v) is 4.06. The normalized spacial score (nSPS) is 24.5. The van der Waals surface area contributed by atoms with Crippen LogP contribution in [0.5, 0.6) is 0 Å². The van der Waals surface area contributed by atoms with Crippen molar-refractivity contribution in [2.45, 2.75) is 25.9 Å². The van der Waals surface area contributed by atoms with E-state index in [1.807, 2.05) is 6.92 Å². The van der Waals surface area contributed by atoms with Crippen molar-refractivity contribution in [3.8, 4) is 0 Å². The van der Waals surface area contributed by atoms with Gasteiger partial charge in [0.25, 0.3) is 0 Å². The van der Waals surface area contributed by atoms with E-state index in [1.165, 1.54) is 18.4 Å². The molecule has 1 saturated heterocycles. The molecule has 3 nitrogen and oxygen atoms in total. The Morgan fingerprint density at radius 2 is 2.08 bits per heavy atom. The Morgan fingerprint density at radius 3 is 2.54 bits per heavy atom. The maximum atomic E-state index is 11.5. The van der Waals surface area contributed by atoms with Gasteiger partial charge in [0, 0.05) is 19.2 Å². The molecule has 1 heterocycles. The summed E-state index contributed by atoms with van der Waals surface area (Å²) < 4.78 is 0. The van der Waals surface area contributed by atoms with E-state index in [0.717, 1.165) is 0 Å². The number of allylic oxidation sites excluding steroid dienone is 1. The molecule has 3 heteroatoms. The van der Waals surface area contributed by atoms with Gasteiger partial charge in [0.2, 0.25) is 5.91 Å². The fourth-order valence-electron chi connectivity index (χ4n) is 1.58. The Hall–Kier alpha value is -0.830. The van der Waals surface area contributed by atoms with Gasteiger partial charge in [0.05, 0.1) is 6.10 Å². The lowest BCUT2D eigenvalue weighted by Crippen LogP contribution is -2.53. The van der Waals surface area contributed by atoms with Crippen molar-refractivity contribution in [3.05, 3.63) is 11.6 Å². The molecule has 0 spiro atoms. The van der Waals surface area contributed by atoms with E-state index in [2.05, 4.69) is 0 Å². The Balaban J connectivity index is 1.86. The van der Waals surface area contributed by atoms with Crippen LogP contribution in [0.15, 0.2) is 11.6 Å². The summed E-state index contributed by atoms with van der Waals surface area (Å²) in [6, 6.07) is 0. The van der Waals surface area contributed by atoms with Gasteiger partial charge < -0.3 is 10.0 Å². The molecule has 0 atom stereocenters. The average Bonchev–Trinajstić information content (AvgIpc) is 2.80. The van der Waals surface area contributed by atoms with Crippen molar-refractivity contribution in [1.29, 1.82) is 0 Å². The topological polar surface area (TPSA) is 40.5 Å². The van der Waals surface area contributed by atoms with Crippen LogP contribution in [0.2, 0.25) is 0 Å². The van der Waals surface area contributed by atoms with Crippen LogP contribution in [0.25, 0.3) is 0 Å². The van der Waals surface area contributed by atoms with Gasteiger partial charge in [-0.25, -0.2) is 0 Å². The van der Waals surface area contributed by atoms with E-state index in [4.69, 9.17) is 5.11 Å². The lowest BCUT2D eigenvalue weighted by molar-refractivity contribution is -0.135. The summed E-state index contributed by atoms with van der Waals surface area (Å²) in [5.41, 5.74) is 1.20. The Kier molecular flexibility index (Phi) is 2.12. The zero-order valence-electron chi connectivity index (χ0n) is 7.86. The predicted molar refractivity (Wildman–Crippen MR) is 49.1 cm³/mol. The first-order chi connectivity index (χ1) is 6.16. The molecule has 72 valence electrons. The van der Waals surface area contributed by atoms with Crippen LogP contribution in [0.4, 0.5) is 0 Å². The van der Waals surface area contributed by atoms with E-state index in [1.54, 1.807) is 11.0 Å². The van der Waals surface area contributed by atoms with Crippen LogP contribution in [-0.2, 0) is 4.79 Å². The van der Waals surface area contributed by atoms with Crippen LogP contribution in [0, 0.1) is 5.92 Å². The summed E-state index contributed by atoms with van der Waals surface area (Å²) in [4.78, 5) is 13.1. The second-order valence-electron chi connectivity index (χ2n) is 4.06. The van der Waals surface area contributed by atoms with E-state index in [9.17, 15) is 4.79 Å². The standard InChI is InChI=1S/C10H15NO2/c1-7(8-2-3-8)4-10(13)11-5-9(12)6-11/h4,8-9,12H,2-3,5-6H2,1H3/b7-4+. The number of carbonyl (C=O) groups is 1. The van der Waals surface area contributed by atoms with Crippen LogP contribution >= 0.6 is 0 Å². The number of β-amino-alcohol motifs (C(OH)–C–C–N with tert-alkyl or cyclic N) is 1. The van der Waals surface area contributed by atoms with Crippen molar-refractivity contribution in [3.63, 3.8) is 0 Å². The number of hydrogen-bond donors (Lipinski definition) is 1. The van der Waals surface area contributed by atoms with Gasteiger partial charge in [-0.15, -0.1) is 0 Å². The molecule has 1 N–H and O–H groups in total. The van der Waals surface area contributed by atoms with Crippen molar-refractivity contribution >= 4 is 5.91 Å². The molecule has 0 bridgehead atoms. The predicted octanol–water partition coefficient (Wildman–Crippen LogP) is 0.546. The highest BCUT2D eigenvalue weighted by atomic mass is 16.3. The smallest absolute Gasteiger partial charge is 0.246 e. The van der Waals surface area contributed by atoms with Crippen molar-refractivity contribution < 1.29 is 9.90 Å². The minimum absolute atomic E-state index is 0.0645. The number of hydrogen-bond acceptors (Lipinski definition) is 2. The molecular formula is C10H15NO2. The SMILES string of the molecule is C/C(=C\C(=O)N1CC(O)C1)C1CC1. The van der Waals surface area contributed by atoms with Crippen LogP contribution in [-0.4, -0.2) is 35.1 Å². The van der Waals surface area contributed by atoms with Crippen molar-refractivity contribution in [1.82, 2.24) is 4.90 Å². The third-order valence-corrected chi connectivity index (χ3v) is 2.75. The van der Waals surface area contributed by atoms with E-state index >= 15 is 0 Å². The van der Waals surface area contributed by atoms with Gasteiger partial charge in [-0.05, 0) is 25.7 Å². The molecule has 1 amide bonds. The number of carbonyl (C=O) groups excluding carboxylic acids is 1. The third kappa shape index (κ3) is 1.91. The summed E-state index contributed by atoms with van der Waals surface area (Å²) in [6.45, 7) is 3.03. The number of likely N-dealkylation sites (tertiary alicyclic amines) is 1. The summed E-state index contributed by atoms with van der Waals surface area (Å²) in [5, 5.41) is 9.01. The molecular weight excluding hydrogens is 166 g/mol. The van der Waals surface area contributed by atoms with Gasteiger partial charge in [-0.2, -0.15) is 0 Å². The highest BCUT2D eigenvalue weighted by Gasteiger charge is 2.29. The zero-order chi connectivity index (χ0) is 9.42. The maximum Gasteiger partial charge on any atom is 0.246 e. The van der Waals surface area contributed by atoms with Gasteiger partial charge in [0.1, 0.15) is 0 Å². The molecule has 1 aliphatic heterocycles. The average molecular weight is 181 g/mol. The van der Waals surface area contributed by atoms with E-state index in [-0.39, 0.29) is 12.0 Å². The minimum atomic E-state index is -0.293. The van der Waals surface area contributed by atoms with Gasteiger partial charge >= 0.3 is 0 Å². The molecule has 2 aliphatic rings. The van der Waals surface area contributed by atoms with Crippen LogP contribution in [0.3, 0.4) is 0 Å². The van der Waals surface area contributed by atoms with Gasteiger partial charge in [-0.3, -0.25) is 4.79 Å². The molecule has 13 heavy (non-hydrogen) atoms.